The quantitative estimate of drug-likeness (QED) is 0.626. The van der Waals surface area contributed by atoms with Gasteiger partial charge in [-0.05, 0) is 11.6 Å². The van der Waals surface area contributed by atoms with Crippen molar-refractivity contribution >= 4 is 11.7 Å². The zero-order valence-corrected chi connectivity index (χ0v) is 8.58. The lowest BCUT2D eigenvalue weighted by Gasteiger charge is -2.00. The fourth-order valence-corrected chi connectivity index (χ4v) is 1.57. The summed E-state index contributed by atoms with van der Waals surface area (Å²) in [6.07, 6.45) is 1.48. The topological polar surface area (TPSA) is 96.2 Å². The van der Waals surface area contributed by atoms with E-state index in [0.717, 1.165) is 0 Å². The van der Waals surface area contributed by atoms with Gasteiger partial charge in [-0.2, -0.15) is 0 Å². The first kappa shape index (κ1) is 10.9. The molecule has 0 saturated heterocycles. The standard InChI is InChI=1S/C11H8N2O4/c14-11(15)10-9(4-5-12-10)7-2-1-3-8(6-7)13(16)17/h1-6,12H,(H,14,15). The van der Waals surface area contributed by atoms with Crippen molar-refractivity contribution in [1.82, 2.24) is 4.98 Å². The molecule has 0 saturated carbocycles. The van der Waals surface area contributed by atoms with Crippen molar-refractivity contribution < 1.29 is 14.8 Å². The summed E-state index contributed by atoms with van der Waals surface area (Å²) in [7, 11) is 0. The van der Waals surface area contributed by atoms with E-state index in [9.17, 15) is 14.9 Å². The molecule has 0 aliphatic rings. The van der Waals surface area contributed by atoms with E-state index in [1.807, 2.05) is 0 Å². The molecule has 2 rings (SSSR count). The van der Waals surface area contributed by atoms with Crippen LogP contribution in [0.4, 0.5) is 5.69 Å². The van der Waals surface area contributed by atoms with Crippen LogP contribution in [0.1, 0.15) is 10.5 Å². The van der Waals surface area contributed by atoms with Gasteiger partial charge in [0.25, 0.3) is 5.69 Å². The Morgan fingerprint density at radius 1 is 1.35 bits per heavy atom. The van der Waals surface area contributed by atoms with E-state index in [4.69, 9.17) is 5.11 Å². The minimum Gasteiger partial charge on any atom is -0.477 e. The maximum Gasteiger partial charge on any atom is 0.352 e. The highest BCUT2D eigenvalue weighted by atomic mass is 16.6. The first-order valence-corrected chi connectivity index (χ1v) is 4.75. The fraction of sp³-hybridized carbons (Fsp3) is 0. The van der Waals surface area contributed by atoms with Crippen LogP contribution in [0.15, 0.2) is 36.5 Å². The monoisotopic (exact) mass is 232 g/mol. The molecule has 0 amide bonds. The van der Waals surface area contributed by atoms with Gasteiger partial charge in [0.2, 0.25) is 0 Å². The Hall–Kier alpha value is -2.63. The second kappa shape index (κ2) is 4.09. The third-order valence-corrected chi connectivity index (χ3v) is 2.33. The van der Waals surface area contributed by atoms with Crippen LogP contribution in [0.3, 0.4) is 0 Å². The van der Waals surface area contributed by atoms with Crippen molar-refractivity contribution in [3.8, 4) is 11.1 Å². The van der Waals surface area contributed by atoms with Crippen molar-refractivity contribution in [2.45, 2.75) is 0 Å². The number of carboxylic acids is 1. The number of hydrogen-bond donors (Lipinski definition) is 2. The summed E-state index contributed by atoms with van der Waals surface area (Å²) in [6, 6.07) is 7.42. The third-order valence-electron chi connectivity index (χ3n) is 2.33. The molecule has 1 aromatic heterocycles. The van der Waals surface area contributed by atoms with E-state index in [-0.39, 0.29) is 11.4 Å². The molecule has 0 spiro atoms. The van der Waals surface area contributed by atoms with Crippen LogP contribution in [0.5, 0.6) is 0 Å². The lowest BCUT2D eigenvalue weighted by molar-refractivity contribution is -0.384. The summed E-state index contributed by atoms with van der Waals surface area (Å²) in [6.45, 7) is 0. The first-order valence-electron chi connectivity index (χ1n) is 4.75. The number of benzene rings is 1. The Morgan fingerprint density at radius 3 is 2.76 bits per heavy atom. The SMILES string of the molecule is O=C(O)c1[nH]ccc1-c1cccc([N+](=O)[O-])c1. The highest BCUT2D eigenvalue weighted by Gasteiger charge is 2.14. The van der Waals surface area contributed by atoms with E-state index in [2.05, 4.69) is 4.98 Å². The number of non-ortho nitro benzene ring substituents is 1. The van der Waals surface area contributed by atoms with Crippen LogP contribution in [0.25, 0.3) is 11.1 Å². The summed E-state index contributed by atoms with van der Waals surface area (Å²) in [4.78, 5) is 23.6. The zero-order valence-electron chi connectivity index (χ0n) is 8.58. The number of carbonyl (C=O) groups is 1. The van der Waals surface area contributed by atoms with E-state index in [0.29, 0.717) is 11.1 Å². The van der Waals surface area contributed by atoms with Crippen LogP contribution in [0, 0.1) is 10.1 Å². The number of carboxylic acid groups (broad SMARTS) is 1. The highest BCUT2D eigenvalue weighted by molar-refractivity contribution is 5.94. The zero-order chi connectivity index (χ0) is 12.4. The average Bonchev–Trinajstić information content (AvgIpc) is 2.78. The van der Waals surface area contributed by atoms with Crippen molar-refractivity contribution in [3.63, 3.8) is 0 Å². The highest BCUT2D eigenvalue weighted by Crippen LogP contribution is 2.26. The molecule has 0 aliphatic carbocycles. The molecular weight excluding hydrogens is 224 g/mol. The predicted molar refractivity (Wildman–Crippen MR) is 59.8 cm³/mol. The summed E-state index contributed by atoms with van der Waals surface area (Å²) in [5.74, 6) is -1.10. The molecular formula is C11H8N2O4. The molecule has 0 atom stereocenters. The number of aromatic nitrogens is 1. The molecule has 0 radical (unpaired) electrons. The number of nitrogens with zero attached hydrogens (tertiary/aromatic N) is 1. The maximum absolute atomic E-state index is 10.9. The molecule has 2 aromatic rings. The number of nitro groups is 1. The van der Waals surface area contributed by atoms with Gasteiger partial charge in [0.1, 0.15) is 5.69 Å². The van der Waals surface area contributed by atoms with Gasteiger partial charge in [-0.3, -0.25) is 10.1 Å². The number of aromatic amines is 1. The number of H-pyrrole nitrogens is 1. The van der Waals surface area contributed by atoms with Gasteiger partial charge in [-0.25, -0.2) is 4.79 Å². The molecule has 1 aromatic carbocycles. The average molecular weight is 232 g/mol. The minimum absolute atomic E-state index is 0.0190. The van der Waals surface area contributed by atoms with E-state index >= 15 is 0 Å². The van der Waals surface area contributed by atoms with Crippen molar-refractivity contribution in [3.05, 3.63) is 52.3 Å². The van der Waals surface area contributed by atoms with Gasteiger partial charge >= 0.3 is 5.97 Å². The number of hydrogen-bond acceptors (Lipinski definition) is 3. The van der Waals surface area contributed by atoms with Crippen LogP contribution in [-0.4, -0.2) is 21.0 Å². The molecule has 0 unspecified atom stereocenters. The Balaban J connectivity index is 2.53. The molecule has 2 N–H and O–H groups in total. The second-order valence-corrected chi connectivity index (χ2v) is 3.38. The van der Waals surface area contributed by atoms with Gasteiger partial charge in [0, 0.05) is 23.9 Å². The summed E-state index contributed by atoms with van der Waals surface area (Å²) >= 11 is 0. The van der Waals surface area contributed by atoms with Crippen LogP contribution in [0.2, 0.25) is 0 Å². The van der Waals surface area contributed by atoms with Gasteiger partial charge < -0.3 is 10.1 Å². The van der Waals surface area contributed by atoms with Gasteiger partial charge in [0.05, 0.1) is 4.92 Å². The molecule has 17 heavy (non-hydrogen) atoms. The summed E-state index contributed by atoms with van der Waals surface area (Å²) in [5.41, 5.74) is 0.879. The summed E-state index contributed by atoms with van der Waals surface area (Å²) < 4.78 is 0. The Morgan fingerprint density at radius 2 is 2.12 bits per heavy atom. The first-order chi connectivity index (χ1) is 8.09. The Labute approximate surface area is 95.7 Å². The number of aromatic carboxylic acids is 1. The lowest BCUT2D eigenvalue weighted by atomic mass is 10.1. The van der Waals surface area contributed by atoms with Crippen LogP contribution >= 0.6 is 0 Å². The fourth-order valence-electron chi connectivity index (χ4n) is 1.57. The van der Waals surface area contributed by atoms with E-state index in [1.165, 1.54) is 24.4 Å². The molecule has 0 fully saturated rings. The van der Waals surface area contributed by atoms with Crippen LogP contribution in [-0.2, 0) is 0 Å². The smallest absolute Gasteiger partial charge is 0.352 e. The second-order valence-electron chi connectivity index (χ2n) is 3.38. The number of nitro benzene ring substituents is 1. The number of nitrogens with one attached hydrogen (secondary N) is 1. The van der Waals surface area contributed by atoms with E-state index < -0.39 is 10.9 Å². The minimum atomic E-state index is -1.10. The predicted octanol–water partition coefficient (Wildman–Crippen LogP) is 2.29. The molecule has 6 nitrogen and oxygen atoms in total. The van der Waals surface area contributed by atoms with E-state index in [1.54, 1.807) is 12.1 Å². The Kier molecular flexibility index (Phi) is 2.61. The lowest BCUT2D eigenvalue weighted by Crippen LogP contribution is -1.98. The van der Waals surface area contributed by atoms with Crippen molar-refractivity contribution in [2.24, 2.45) is 0 Å². The molecule has 86 valence electrons. The van der Waals surface area contributed by atoms with Gasteiger partial charge in [-0.15, -0.1) is 0 Å². The molecule has 0 aliphatic heterocycles. The van der Waals surface area contributed by atoms with Gasteiger partial charge in [0.15, 0.2) is 0 Å². The van der Waals surface area contributed by atoms with Crippen LogP contribution < -0.4 is 0 Å². The van der Waals surface area contributed by atoms with Gasteiger partial charge in [-0.1, -0.05) is 12.1 Å². The molecule has 6 heteroatoms. The third kappa shape index (κ3) is 2.00. The van der Waals surface area contributed by atoms with Crippen molar-refractivity contribution in [1.29, 1.82) is 0 Å². The molecule has 1 heterocycles. The Bertz CT molecular complexity index is 589. The maximum atomic E-state index is 10.9. The normalized spacial score (nSPS) is 10.1. The summed E-state index contributed by atoms with van der Waals surface area (Å²) in [5, 5.41) is 19.6. The largest absolute Gasteiger partial charge is 0.477 e. The number of rotatable bonds is 3. The van der Waals surface area contributed by atoms with Crippen molar-refractivity contribution in [2.75, 3.05) is 0 Å². The molecule has 0 bridgehead atoms.